The van der Waals surface area contributed by atoms with E-state index in [0.717, 1.165) is 15.3 Å². The second kappa shape index (κ2) is 7.14. The van der Waals surface area contributed by atoms with E-state index in [2.05, 4.69) is 6.07 Å². The molecule has 3 rings (SSSR count). The number of carbonyl (C=O) groups excluding carboxylic acids is 1. The standard InChI is InChI=1S/C19H12ClNOS2/c1-12-8-9-23-18(12)10-14(11-21)16-6-7-17(24-16)19(22)13-2-4-15(20)5-3-13/h2-10H,1H3/b14-10+. The summed E-state index contributed by atoms with van der Waals surface area (Å²) in [5.41, 5.74) is 2.30. The highest BCUT2D eigenvalue weighted by molar-refractivity contribution is 7.15. The molecule has 0 N–H and O–H groups in total. The summed E-state index contributed by atoms with van der Waals surface area (Å²) < 4.78 is 0. The lowest BCUT2D eigenvalue weighted by Gasteiger charge is -1.98. The predicted octanol–water partition coefficient (Wildman–Crippen LogP) is 6.07. The van der Waals surface area contributed by atoms with Gasteiger partial charge in [0.1, 0.15) is 6.07 Å². The maximum atomic E-state index is 12.5. The highest BCUT2D eigenvalue weighted by Crippen LogP contribution is 2.29. The summed E-state index contributed by atoms with van der Waals surface area (Å²) in [6, 6.07) is 14.7. The highest BCUT2D eigenvalue weighted by atomic mass is 35.5. The van der Waals surface area contributed by atoms with Crippen molar-refractivity contribution in [1.82, 2.24) is 0 Å². The SMILES string of the molecule is Cc1ccsc1/C=C(\C#N)c1ccc(C(=O)c2ccc(Cl)cc2)s1. The van der Waals surface area contributed by atoms with Crippen LogP contribution in [0.3, 0.4) is 0 Å². The molecule has 5 heteroatoms. The number of thiophene rings is 2. The van der Waals surface area contributed by atoms with E-state index in [4.69, 9.17) is 11.6 Å². The van der Waals surface area contributed by atoms with E-state index >= 15 is 0 Å². The molecule has 0 bridgehead atoms. The van der Waals surface area contributed by atoms with Crippen molar-refractivity contribution >= 4 is 51.7 Å². The third kappa shape index (κ3) is 3.49. The average molecular weight is 370 g/mol. The molecule has 3 aromatic rings. The van der Waals surface area contributed by atoms with Crippen molar-refractivity contribution in [2.45, 2.75) is 6.92 Å². The molecule has 0 aliphatic rings. The van der Waals surface area contributed by atoms with Crippen molar-refractivity contribution in [3.8, 4) is 6.07 Å². The largest absolute Gasteiger partial charge is 0.288 e. The Morgan fingerprint density at radius 1 is 1.12 bits per heavy atom. The lowest BCUT2D eigenvalue weighted by Crippen LogP contribution is -1.97. The maximum Gasteiger partial charge on any atom is 0.202 e. The van der Waals surface area contributed by atoms with Gasteiger partial charge in [0.25, 0.3) is 0 Å². The van der Waals surface area contributed by atoms with Gasteiger partial charge >= 0.3 is 0 Å². The number of rotatable bonds is 4. The molecule has 2 nitrogen and oxygen atoms in total. The second-order valence-electron chi connectivity index (χ2n) is 5.14. The molecule has 0 aliphatic carbocycles. The first-order valence-corrected chi connectivity index (χ1v) is 9.22. The van der Waals surface area contributed by atoms with Crippen LogP contribution >= 0.6 is 34.3 Å². The number of carbonyl (C=O) groups is 1. The van der Waals surface area contributed by atoms with Gasteiger partial charge in [-0.3, -0.25) is 4.79 Å². The number of nitriles is 1. The van der Waals surface area contributed by atoms with Gasteiger partial charge in [0.2, 0.25) is 5.78 Å². The second-order valence-corrected chi connectivity index (χ2v) is 7.61. The quantitative estimate of drug-likeness (QED) is 0.414. The van der Waals surface area contributed by atoms with Gasteiger partial charge in [-0.05, 0) is 66.4 Å². The highest BCUT2D eigenvalue weighted by Gasteiger charge is 2.14. The Morgan fingerprint density at radius 2 is 1.83 bits per heavy atom. The summed E-state index contributed by atoms with van der Waals surface area (Å²) in [4.78, 5) is 15.0. The Hall–Kier alpha value is -2.19. The molecule has 0 unspecified atom stereocenters. The van der Waals surface area contributed by atoms with Crippen LogP contribution in [0.1, 0.15) is 30.6 Å². The number of halogens is 1. The van der Waals surface area contributed by atoms with Gasteiger partial charge in [0.15, 0.2) is 0 Å². The van der Waals surface area contributed by atoms with E-state index in [9.17, 15) is 10.1 Å². The molecule has 2 aromatic heterocycles. The van der Waals surface area contributed by atoms with E-state index in [-0.39, 0.29) is 5.78 Å². The first-order valence-electron chi connectivity index (χ1n) is 7.15. The molecule has 0 amide bonds. The van der Waals surface area contributed by atoms with E-state index in [0.29, 0.717) is 21.0 Å². The molecule has 1 aromatic carbocycles. The minimum Gasteiger partial charge on any atom is -0.288 e. The monoisotopic (exact) mass is 369 g/mol. The molecule has 24 heavy (non-hydrogen) atoms. The molecular formula is C19H12ClNOS2. The first kappa shape index (κ1) is 16.7. The Balaban J connectivity index is 1.91. The van der Waals surface area contributed by atoms with Gasteiger partial charge in [-0.2, -0.15) is 5.26 Å². The fourth-order valence-corrected chi connectivity index (χ4v) is 4.09. The Kier molecular flexibility index (Phi) is 4.96. The summed E-state index contributed by atoms with van der Waals surface area (Å²) in [6.07, 6.45) is 1.88. The minimum atomic E-state index is -0.0625. The number of ketones is 1. The Labute approximate surface area is 153 Å². The zero-order chi connectivity index (χ0) is 17.1. The van der Waals surface area contributed by atoms with E-state index < -0.39 is 0 Å². The van der Waals surface area contributed by atoms with Crippen molar-refractivity contribution in [2.24, 2.45) is 0 Å². The van der Waals surface area contributed by atoms with Gasteiger partial charge in [-0.1, -0.05) is 11.6 Å². The topological polar surface area (TPSA) is 40.9 Å². The molecule has 2 heterocycles. The average Bonchev–Trinajstić information content (AvgIpc) is 3.22. The van der Waals surface area contributed by atoms with E-state index in [1.54, 1.807) is 41.7 Å². The number of hydrogen-bond acceptors (Lipinski definition) is 4. The fourth-order valence-electron chi connectivity index (χ4n) is 2.17. The van der Waals surface area contributed by atoms with Crippen LogP contribution in [0.25, 0.3) is 11.6 Å². The molecular weight excluding hydrogens is 358 g/mol. The van der Waals surface area contributed by atoms with Gasteiger partial charge in [0, 0.05) is 20.3 Å². The minimum absolute atomic E-state index is 0.0625. The number of hydrogen-bond donors (Lipinski definition) is 0. The molecule has 0 radical (unpaired) electrons. The van der Waals surface area contributed by atoms with Crippen molar-refractivity contribution in [1.29, 1.82) is 5.26 Å². The van der Waals surface area contributed by atoms with E-state index in [1.165, 1.54) is 11.3 Å². The van der Waals surface area contributed by atoms with Gasteiger partial charge in [-0.15, -0.1) is 22.7 Å². The van der Waals surface area contributed by atoms with Crippen LogP contribution in [0.15, 0.2) is 47.8 Å². The number of allylic oxidation sites excluding steroid dienone is 1. The number of nitrogens with zero attached hydrogens (tertiary/aromatic N) is 1. The summed E-state index contributed by atoms with van der Waals surface area (Å²) in [5.74, 6) is -0.0625. The van der Waals surface area contributed by atoms with Crippen LogP contribution in [-0.2, 0) is 0 Å². The third-order valence-electron chi connectivity index (χ3n) is 3.50. The van der Waals surface area contributed by atoms with Crippen LogP contribution in [0.4, 0.5) is 0 Å². The van der Waals surface area contributed by atoms with E-state index in [1.807, 2.05) is 30.5 Å². The van der Waals surface area contributed by atoms with Gasteiger partial charge in [-0.25, -0.2) is 0 Å². The molecule has 0 saturated carbocycles. The first-order chi connectivity index (χ1) is 11.6. The summed E-state index contributed by atoms with van der Waals surface area (Å²) in [7, 11) is 0. The smallest absolute Gasteiger partial charge is 0.202 e. The molecule has 118 valence electrons. The lowest BCUT2D eigenvalue weighted by molar-refractivity contribution is 0.104. The summed E-state index contributed by atoms with van der Waals surface area (Å²) in [6.45, 7) is 2.02. The van der Waals surface area contributed by atoms with Crippen LogP contribution in [0.5, 0.6) is 0 Å². The predicted molar refractivity (Wildman–Crippen MR) is 102 cm³/mol. The van der Waals surface area contributed by atoms with Gasteiger partial charge < -0.3 is 0 Å². The fraction of sp³-hybridized carbons (Fsp3) is 0.0526. The van der Waals surface area contributed by atoms with Crippen LogP contribution in [0.2, 0.25) is 5.02 Å². The lowest BCUT2D eigenvalue weighted by atomic mass is 10.1. The van der Waals surface area contributed by atoms with Crippen molar-refractivity contribution < 1.29 is 4.79 Å². The number of benzene rings is 1. The molecule has 0 aliphatic heterocycles. The maximum absolute atomic E-state index is 12.5. The van der Waals surface area contributed by atoms with Crippen LogP contribution in [0, 0.1) is 18.3 Å². The van der Waals surface area contributed by atoms with Crippen molar-refractivity contribution in [3.05, 3.63) is 78.6 Å². The molecule has 0 saturated heterocycles. The normalized spacial score (nSPS) is 11.3. The third-order valence-corrected chi connectivity index (χ3v) is 5.83. The molecule has 0 spiro atoms. The Bertz CT molecular complexity index is 958. The van der Waals surface area contributed by atoms with Gasteiger partial charge in [0.05, 0.1) is 10.5 Å². The number of aryl methyl sites for hydroxylation is 1. The van der Waals surface area contributed by atoms with Crippen molar-refractivity contribution in [2.75, 3.05) is 0 Å². The molecule has 0 atom stereocenters. The summed E-state index contributed by atoms with van der Waals surface area (Å²) in [5, 5.41) is 12.1. The zero-order valence-electron chi connectivity index (χ0n) is 12.7. The zero-order valence-corrected chi connectivity index (χ0v) is 15.1. The van der Waals surface area contributed by atoms with Crippen LogP contribution in [-0.4, -0.2) is 5.78 Å². The summed E-state index contributed by atoms with van der Waals surface area (Å²) >= 11 is 8.78. The Morgan fingerprint density at radius 3 is 2.46 bits per heavy atom. The molecule has 0 fully saturated rings. The van der Waals surface area contributed by atoms with Crippen LogP contribution < -0.4 is 0 Å². The van der Waals surface area contributed by atoms with Crippen molar-refractivity contribution in [3.63, 3.8) is 0 Å².